The van der Waals surface area contributed by atoms with E-state index in [1.165, 1.54) is 12.4 Å². The number of benzene rings is 1. The summed E-state index contributed by atoms with van der Waals surface area (Å²) in [6.45, 7) is 3.33. The predicted octanol–water partition coefficient (Wildman–Crippen LogP) is 2.47. The number of esters is 1. The van der Waals surface area contributed by atoms with Crippen LogP contribution in [0.2, 0.25) is 0 Å². The maximum atomic E-state index is 12.7. The van der Waals surface area contributed by atoms with E-state index in [-0.39, 0.29) is 24.2 Å². The van der Waals surface area contributed by atoms with Crippen molar-refractivity contribution in [3.05, 3.63) is 47.5 Å². The number of fused-ring (bicyclic) bond motifs is 1. The number of hydrogen-bond acceptors (Lipinski definition) is 7. The lowest BCUT2D eigenvalue weighted by Gasteiger charge is -2.25. The molecule has 1 saturated heterocycles. The monoisotopic (exact) mass is 397 g/mol. The lowest BCUT2D eigenvalue weighted by Crippen LogP contribution is -2.34. The van der Waals surface area contributed by atoms with Gasteiger partial charge >= 0.3 is 5.97 Å². The first-order valence-corrected chi connectivity index (χ1v) is 9.76. The van der Waals surface area contributed by atoms with Gasteiger partial charge in [0.1, 0.15) is 0 Å². The summed E-state index contributed by atoms with van der Waals surface area (Å²) in [5.41, 5.74) is 1.78. The number of rotatable bonds is 4. The molecular weight excluding hydrogens is 374 g/mol. The van der Waals surface area contributed by atoms with Gasteiger partial charge in [-0.1, -0.05) is 6.07 Å². The predicted molar refractivity (Wildman–Crippen MR) is 103 cm³/mol. The average molecular weight is 397 g/mol. The number of aryl methyl sites for hydroxylation is 1. The zero-order chi connectivity index (χ0) is 20.2. The van der Waals surface area contributed by atoms with Crippen LogP contribution >= 0.6 is 0 Å². The highest BCUT2D eigenvalue weighted by Crippen LogP contribution is 2.37. The maximum absolute atomic E-state index is 12.7. The van der Waals surface area contributed by atoms with Gasteiger partial charge in [-0.3, -0.25) is 9.78 Å². The number of carbonyl (C=O) groups is 2. The zero-order valence-electron chi connectivity index (χ0n) is 16.3. The molecule has 3 heterocycles. The summed E-state index contributed by atoms with van der Waals surface area (Å²) in [5.74, 6) is 0.559. The van der Waals surface area contributed by atoms with Gasteiger partial charge in [0.25, 0.3) is 5.91 Å². The summed E-state index contributed by atoms with van der Waals surface area (Å²) in [5, 5.41) is 0. The minimum absolute atomic E-state index is 0.0717. The molecule has 1 fully saturated rings. The van der Waals surface area contributed by atoms with Gasteiger partial charge in [0.05, 0.1) is 31.1 Å². The molecule has 8 nitrogen and oxygen atoms in total. The first-order valence-electron chi connectivity index (χ1n) is 9.76. The van der Waals surface area contributed by atoms with Crippen LogP contribution in [0.3, 0.4) is 0 Å². The van der Waals surface area contributed by atoms with E-state index in [9.17, 15) is 9.59 Å². The molecule has 1 amide bonds. The van der Waals surface area contributed by atoms with Gasteiger partial charge in [0, 0.05) is 19.2 Å². The Morgan fingerprint density at radius 3 is 2.76 bits per heavy atom. The highest BCUT2D eigenvalue weighted by molar-refractivity contribution is 5.89. The van der Waals surface area contributed by atoms with E-state index < -0.39 is 5.97 Å². The van der Waals surface area contributed by atoms with Gasteiger partial charge in [-0.15, -0.1) is 0 Å². The SMILES string of the molecule is Cc1cnc(C(=O)OCC(=O)N2CCC[C@H]2c2ccc3c(c2)OCCCO3)cn1. The number of likely N-dealkylation sites (tertiary alicyclic amines) is 1. The quantitative estimate of drug-likeness (QED) is 0.732. The van der Waals surface area contributed by atoms with Crippen LogP contribution in [0.5, 0.6) is 11.5 Å². The minimum Gasteiger partial charge on any atom is -0.490 e. The van der Waals surface area contributed by atoms with Gasteiger partial charge < -0.3 is 19.1 Å². The van der Waals surface area contributed by atoms with Crippen LogP contribution in [-0.4, -0.2) is 53.1 Å². The standard InChI is InChI=1S/C21H23N3O5/c1-14-11-23-16(12-22-14)21(26)29-13-20(25)24-7-2-4-17(24)15-5-6-18-19(10-15)28-9-3-8-27-18/h5-6,10-12,17H,2-4,7-9,13H2,1H3/t17-/m0/s1. The van der Waals surface area contributed by atoms with Crippen LogP contribution < -0.4 is 9.47 Å². The van der Waals surface area contributed by atoms with Crippen LogP contribution in [0.25, 0.3) is 0 Å². The van der Waals surface area contributed by atoms with Crippen molar-refractivity contribution >= 4 is 11.9 Å². The molecule has 0 N–H and O–H groups in total. The molecule has 0 radical (unpaired) electrons. The second kappa shape index (κ2) is 8.46. The van der Waals surface area contributed by atoms with Crippen molar-refractivity contribution in [2.24, 2.45) is 0 Å². The van der Waals surface area contributed by atoms with Crippen molar-refractivity contribution < 1.29 is 23.8 Å². The van der Waals surface area contributed by atoms with Crippen molar-refractivity contribution in [2.75, 3.05) is 26.4 Å². The van der Waals surface area contributed by atoms with E-state index in [2.05, 4.69) is 9.97 Å². The Morgan fingerprint density at radius 1 is 1.14 bits per heavy atom. The molecule has 0 spiro atoms. The number of hydrogen-bond donors (Lipinski definition) is 0. The van der Waals surface area contributed by atoms with E-state index in [4.69, 9.17) is 14.2 Å². The van der Waals surface area contributed by atoms with E-state index >= 15 is 0 Å². The maximum Gasteiger partial charge on any atom is 0.359 e. The highest BCUT2D eigenvalue weighted by Gasteiger charge is 2.31. The molecule has 0 aliphatic carbocycles. The molecule has 152 valence electrons. The number of aromatic nitrogens is 2. The molecule has 8 heteroatoms. The zero-order valence-corrected chi connectivity index (χ0v) is 16.3. The molecule has 1 aromatic carbocycles. The van der Waals surface area contributed by atoms with E-state index in [1.807, 2.05) is 18.2 Å². The van der Waals surface area contributed by atoms with Crippen molar-refractivity contribution in [2.45, 2.75) is 32.2 Å². The van der Waals surface area contributed by atoms with Gasteiger partial charge in [0.15, 0.2) is 23.8 Å². The van der Waals surface area contributed by atoms with E-state index in [1.54, 1.807) is 11.8 Å². The topological polar surface area (TPSA) is 90.9 Å². The highest BCUT2D eigenvalue weighted by atomic mass is 16.5. The Labute approximate surface area is 168 Å². The molecule has 0 bridgehead atoms. The Bertz CT molecular complexity index is 900. The largest absolute Gasteiger partial charge is 0.490 e. The molecule has 1 atom stereocenters. The van der Waals surface area contributed by atoms with Crippen molar-refractivity contribution in [3.8, 4) is 11.5 Å². The average Bonchev–Trinajstić information content (AvgIpc) is 3.11. The third-order valence-electron chi connectivity index (χ3n) is 5.05. The van der Waals surface area contributed by atoms with Gasteiger partial charge in [0.2, 0.25) is 0 Å². The fourth-order valence-corrected chi connectivity index (χ4v) is 3.58. The molecule has 0 saturated carbocycles. The normalized spacial score (nSPS) is 18.2. The first-order chi connectivity index (χ1) is 14.1. The fraction of sp³-hybridized carbons (Fsp3) is 0.429. The Kier molecular flexibility index (Phi) is 5.59. The minimum atomic E-state index is -0.655. The Balaban J connectivity index is 1.41. The second-order valence-electron chi connectivity index (χ2n) is 7.12. The van der Waals surface area contributed by atoms with Gasteiger partial charge in [-0.05, 0) is 37.5 Å². The number of nitrogens with zero attached hydrogens (tertiary/aromatic N) is 3. The molecule has 1 aromatic heterocycles. The lowest BCUT2D eigenvalue weighted by atomic mass is 10.0. The summed E-state index contributed by atoms with van der Waals surface area (Å²) in [6, 6.07) is 5.74. The molecule has 2 aliphatic heterocycles. The first kappa shape index (κ1) is 19.2. The van der Waals surface area contributed by atoms with Gasteiger partial charge in [-0.2, -0.15) is 0 Å². The molecule has 2 aromatic rings. The summed E-state index contributed by atoms with van der Waals surface area (Å²) in [7, 11) is 0. The van der Waals surface area contributed by atoms with E-state index in [0.717, 1.165) is 30.6 Å². The van der Waals surface area contributed by atoms with Crippen molar-refractivity contribution in [1.29, 1.82) is 0 Å². The molecule has 2 aliphatic rings. The van der Waals surface area contributed by atoms with Crippen LogP contribution in [0.15, 0.2) is 30.6 Å². The summed E-state index contributed by atoms with van der Waals surface area (Å²) in [6.07, 6.45) is 5.41. The van der Waals surface area contributed by atoms with Crippen LogP contribution in [-0.2, 0) is 9.53 Å². The Morgan fingerprint density at radius 2 is 1.97 bits per heavy atom. The smallest absolute Gasteiger partial charge is 0.359 e. The van der Waals surface area contributed by atoms with Gasteiger partial charge in [-0.25, -0.2) is 9.78 Å². The number of ether oxygens (including phenoxy) is 3. The fourth-order valence-electron chi connectivity index (χ4n) is 3.58. The summed E-state index contributed by atoms with van der Waals surface area (Å²) >= 11 is 0. The van der Waals surface area contributed by atoms with Crippen molar-refractivity contribution in [3.63, 3.8) is 0 Å². The number of amides is 1. The summed E-state index contributed by atoms with van der Waals surface area (Å²) in [4.78, 5) is 34.6. The van der Waals surface area contributed by atoms with E-state index in [0.29, 0.717) is 31.2 Å². The molecule has 4 rings (SSSR count). The second-order valence-corrected chi connectivity index (χ2v) is 7.12. The van der Waals surface area contributed by atoms with Crippen molar-refractivity contribution in [1.82, 2.24) is 14.9 Å². The molecule has 0 unspecified atom stereocenters. The number of carbonyl (C=O) groups excluding carboxylic acids is 2. The van der Waals surface area contributed by atoms with Crippen LogP contribution in [0, 0.1) is 6.92 Å². The third-order valence-corrected chi connectivity index (χ3v) is 5.05. The van der Waals surface area contributed by atoms with Crippen LogP contribution in [0.4, 0.5) is 0 Å². The lowest BCUT2D eigenvalue weighted by molar-refractivity contribution is -0.135. The molecular formula is C21H23N3O5. The Hall–Kier alpha value is -3.16. The third kappa shape index (κ3) is 4.31. The van der Waals surface area contributed by atoms with Crippen LogP contribution in [0.1, 0.15) is 47.1 Å². The molecule has 29 heavy (non-hydrogen) atoms. The summed E-state index contributed by atoms with van der Waals surface area (Å²) < 4.78 is 16.6.